The molecule has 0 saturated carbocycles. The predicted molar refractivity (Wildman–Crippen MR) is 173 cm³/mol. The molecule has 7 heteroatoms. The molecule has 1 N–H and O–H groups in total. The lowest BCUT2D eigenvalue weighted by Gasteiger charge is -2.25. The van der Waals surface area contributed by atoms with Crippen LogP contribution in [0.1, 0.15) is 72.6 Å². The maximum Gasteiger partial charge on any atom is 0.407 e. The van der Waals surface area contributed by atoms with Crippen LogP contribution in [0, 0.1) is 13.8 Å². The van der Waals surface area contributed by atoms with E-state index in [1.54, 1.807) is 20.8 Å². The molecule has 0 heterocycles. The maximum absolute atomic E-state index is 13.8. The van der Waals surface area contributed by atoms with Crippen LogP contribution in [-0.4, -0.2) is 36.3 Å². The quantitative estimate of drug-likeness (QED) is 0.156. The minimum atomic E-state index is -1.34. The largest absolute Gasteiger partial charge is 0.460 e. The van der Waals surface area contributed by atoms with E-state index in [0.29, 0.717) is 0 Å². The standard InChI is InChI=1S/C38H39NO6/c1-24-14-18-26(19-15-24)35(27-20-16-25(2)17-21-27)44-36(41)33(22-34(40)45-38(3,4)5)39-37(42)43-23-32-30-12-8-6-10-28(30)29-11-7-9-13-31(29)32/h6-21,32-33,35H,22-23H2,1-5H3,(H,39,42)/t33-/m0/s1. The van der Waals surface area contributed by atoms with E-state index < -0.39 is 42.2 Å². The van der Waals surface area contributed by atoms with Crippen molar-refractivity contribution in [3.63, 3.8) is 0 Å². The molecule has 4 aromatic rings. The molecule has 0 aromatic heterocycles. The maximum atomic E-state index is 13.8. The number of benzene rings is 4. The minimum absolute atomic E-state index is 0.0590. The average Bonchev–Trinajstić information content (AvgIpc) is 3.32. The Kier molecular flexibility index (Phi) is 9.37. The molecular weight excluding hydrogens is 566 g/mol. The summed E-state index contributed by atoms with van der Waals surface area (Å²) in [6.07, 6.45) is -2.01. The molecule has 0 aliphatic heterocycles. The van der Waals surface area contributed by atoms with Gasteiger partial charge in [-0.3, -0.25) is 4.79 Å². The topological polar surface area (TPSA) is 90.9 Å². The van der Waals surface area contributed by atoms with Gasteiger partial charge < -0.3 is 19.5 Å². The van der Waals surface area contributed by atoms with Gasteiger partial charge in [0, 0.05) is 5.92 Å². The fourth-order valence-electron chi connectivity index (χ4n) is 5.53. The molecule has 232 valence electrons. The number of nitrogens with one attached hydrogen (secondary N) is 1. The summed E-state index contributed by atoms with van der Waals surface area (Å²) in [7, 11) is 0. The smallest absolute Gasteiger partial charge is 0.407 e. The van der Waals surface area contributed by atoms with Crippen molar-refractivity contribution in [2.75, 3.05) is 6.61 Å². The first-order valence-corrected chi connectivity index (χ1v) is 15.2. The molecular formula is C38H39NO6. The predicted octanol–water partition coefficient (Wildman–Crippen LogP) is 7.58. The number of fused-ring (bicyclic) bond motifs is 3. The first-order chi connectivity index (χ1) is 21.5. The molecule has 0 bridgehead atoms. The monoisotopic (exact) mass is 605 g/mol. The third-order valence-electron chi connectivity index (χ3n) is 7.71. The van der Waals surface area contributed by atoms with E-state index in [0.717, 1.165) is 44.5 Å². The lowest BCUT2D eigenvalue weighted by molar-refractivity contribution is -0.161. The molecule has 0 saturated heterocycles. The Morgan fingerprint density at radius 2 is 1.22 bits per heavy atom. The molecule has 1 aliphatic carbocycles. The van der Waals surface area contributed by atoms with Crippen LogP contribution < -0.4 is 5.32 Å². The van der Waals surface area contributed by atoms with Crippen LogP contribution in [0.25, 0.3) is 11.1 Å². The number of rotatable bonds is 9. The fourth-order valence-corrected chi connectivity index (χ4v) is 5.53. The summed E-state index contributed by atoms with van der Waals surface area (Å²) in [5.41, 5.74) is 7.20. The van der Waals surface area contributed by atoms with Gasteiger partial charge in [0.15, 0.2) is 6.10 Å². The Bertz CT molecular complexity index is 1580. The second kappa shape index (κ2) is 13.4. The molecule has 4 aromatic carbocycles. The van der Waals surface area contributed by atoms with Crippen molar-refractivity contribution < 1.29 is 28.6 Å². The van der Waals surface area contributed by atoms with Crippen molar-refractivity contribution in [2.24, 2.45) is 0 Å². The summed E-state index contributed by atoms with van der Waals surface area (Å²) >= 11 is 0. The Morgan fingerprint density at radius 1 is 0.733 bits per heavy atom. The molecule has 1 aliphatic rings. The molecule has 0 spiro atoms. The number of ether oxygens (including phenoxy) is 3. The van der Waals surface area contributed by atoms with Gasteiger partial charge in [-0.05, 0) is 68.0 Å². The summed E-state index contributed by atoms with van der Waals surface area (Å²) in [4.78, 5) is 39.8. The molecule has 1 atom stereocenters. The highest BCUT2D eigenvalue weighted by Gasteiger charge is 2.33. The van der Waals surface area contributed by atoms with Crippen molar-refractivity contribution >= 4 is 18.0 Å². The highest BCUT2D eigenvalue weighted by molar-refractivity contribution is 5.87. The summed E-state index contributed by atoms with van der Waals surface area (Å²) in [6.45, 7) is 9.23. The number of amides is 1. The minimum Gasteiger partial charge on any atom is -0.460 e. The first-order valence-electron chi connectivity index (χ1n) is 15.2. The second-order valence-electron chi connectivity index (χ2n) is 12.5. The van der Waals surface area contributed by atoms with Crippen LogP contribution in [0.15, 0.2) is 97.1 Å². The fraction of sp³-hybridized carbons (Fsp3) is 0.289. The Hall–Kier alpha value is -4.91. The molecule has 0 fully saturated rings. The van der Waals surface area contributed by atoms with Crippen LogP contribution in [0.2, 0.25) is 0 Å². The van der Waals surface area contributed by atoms with Crippen molar-refractivity contribution in [3.8, 4) is 11.1 Å². The van der Waals surface area contributed by atoms with Crippen molar-refractivity contribution in [1.29, 1.82) is 0 Å². The molecule has 7 nitrogen and oxygen atoms in total. The summed E-state index contributed by atoms with van der Waals surface area (Å²) in [5, 5.41) is 2.60. The number of esters is 2. The second-order valence-corrected chi connectivity index (χ2v) is 12.5. The average molecular weight is 606 g/mol. The van der Waals surface area contributed by atoms with Crippen LogP contribution in [-0.2, 0) is 23.8 Å². The zero-order valence-electron chi connectivity index (χ0n) is 26.3. The van der Waals surface area contributed by atoms with Crippen molar-refractivity contribution in [1.82, 2.24) is 5.32 Å². The lowest BCUT2D eigenvalue weighted by Crippen LogP contribution is -2.45. The summed E-state index contributed by atoms with van der Waals surface area (Å²) in [5.74, 6) is -1.59. The van der Waals surface area contributed by atoms with Gasteiger partial charge >= 0.3 is 18.0 Å². The first kappa shape index (κ1) is 31.5. The van der Waals surface area contributed by atoms with Crippen LogP contribution >= 0.6 is 0 Å². The van der Waals surface area contributed by atoms with E-state index in [-0.39, 0.29) is 12.5 Å². The molecule has 0 radical (unpaired) electrons. The zero-order valence-corrected chi connectivity index (χ0v) is 26.3. The van der Waals surface area contributed by atoms with Gasteiger partial charge in [-0.1, -0.05) is 108 Å². The van der Waals surface area contributed by atoms with Gasteiger partial charge in [-0.25, -0.2) is 9.59 Å². The number of aryl methyl sites for hydroxylation is 2. The third kappa shape index (κ3) is 7.79. The van der Waals surface area contributed by atoms with E-state index in [1.807, 2.05) is 98.8 Å². The van der Waals surface area contributed by atoms with E-state index >= 15 is 0 Å². The van der Waals surface area contributed by atoms with E-state index in [4.69, 9.17) is 14.2 Å². The van der Waals surface area contributed by atoms with Crippen LogP contribution in [0.4, 0.5) is 4.79 Å². The number of carbonyl (C=O) groups is 3. The molecule has 1 amide bonds. The van der Waals surface area contributed by atoms with Gasteiger partial charge in [0.05, 0.1) is 6.42 Å². The SMILES string of the molecule is Cc1ccc(C(OC(=O)[C@H](CC(=O)OC(C)(C)C)NC(=O)OCC2c3ccccc3-c3ccccc32)c2ccc(C)cc2)cc1. The number of hydrogen-bond acceptors (Lipinski definition) is 6. The van der Waals surface area contributed by atoms with Gasteiger partial charge in [-0.15, -0.1) is 0 Å². The van der Waals surface area contributed by atoms with Crippen molar-refractivity contribution in [3.05, 3.63) is 130 Å². The van der Waals surface area contributed by atoms with E-state index in [2.05, 4.69) is 17.4 Å². The van der Waals surface area contributed by atoms with Crippen molar-refractivity contribution in [2.45, 2.75) is 64.7 Å². The Morgan fingerprint density at radius 3 is 1.71 bits per heavy atom. The zero-order chi connectivity index (χ0) is 32.1. The highest BCUT2D eigenvalue weighted by Crippen LogP contribution is 2.44. The van der Waals surface area contributed by atoms with E-state index in [9.17, 15) is 14.4 Å². The van der Waals surface area contributed by atoms with Gasteiger partial charge in [0.1, 0.15) is 18.2 Å². The number of hydrogen-bond donors (Lipinski definition) is 1. The summed E-state index contributed by atoms with van der Waals surface area (Å²) < 4.78 is 17.2. The lowest BCUT2D eigenvalue weighted by atomic mass is 9.98. The van der Waals surface area contributed by atoms with Crippen LogP contribution in [0.3, 0.4) is 0 Å². The molecule has 45 heavy (non-hydrogen) atoms. The molecule has 0 unspecified atom stereocenters. The Labute approximate surface area is 264 Å². The van der Waals surface area contributed by atoms with Crippen LogP contribution in [0.5, 0.6) is 0 Å². The Balaban J connectivity index is 1.35. The van der Waals surface area contributed by atoms with Gasteiger partial charge in [-0.2, -0.15) is 0 Å². The number of alkyl carbamates (subject to hydrolysis) is 1. The number of carbonyl (C=O) groups excluding carboxylic acids is 3. The van der Waals surface area contributed by atoms with Gasteiger partial charge in [0.2, 0.25) is 0 Å². The van der Waals surface area contributed by atoms with Gasteiger partial charge in [0.25, 0.3) is 0 Å². The third-order valence-corrected chi connectivity index (χ3v) is 7.71. The highest BCUT2D eigenvalue weighted by atomic mass is 16.6. The summed E-state index contributed by atoms with van der Waals surface area (Å²) in [6, 6.07) is 30.1. The molecule has 5 rings (SSSR count). The normalized spacial score (nSPS) is 13.0. The van der Waals surface area contributed by atoms with E-state index in [1.165, 1.54) is 0 Å².